The summed E-state index contributed by atoms with van der Waals surface area (Å²) in [5, 5.41) is 0.209. The van der Waals surface area contributed by atoms with E-state index in [4.69, 9.17) is 9.47 Å². The number of pyridine rings is 1. The van der Waals surface area contributed by atoms with Crippen LogP contribution in [0.1, 0.15) is 5.56 Å². The number of carbonyl (C=O) groups is 1. The van der Waals surface area contributed by atoms with E-state index in [0.717, 1.165) is 0 Å². The summed E-state index contributed by atoms with van der Waals surface area (Å²) in [6.07, 6.45) is 0.239. The Balaban J connectivity index is 2.34. The first kappa shape index (κ1) is 11.7. The lowest BCUT2D eigenvalue weighted by atomic mass is 10.1. The summed E-state index contributed by atoms with van der Waals surface area (Å²) < 4.78 is 25.0. The van der Waals surface area contributed by atoms with Gasteiger partial charge in [-0.25, -0.2) is 4.39 Å². The third-order valence-corrected chi connectivity index (χ3v) is 3.01. The van der Waals surface area contributed by atoms with E-state index < -0.39 is 11.4 Å². The molecule has 3 rings (SSSR count). The van der Waals surface area contributed by atoms with Gasteiger partial charge in [-0.05, 0) is 12.1 Å². The van der Waals surface area contributed by atoms with Crippen molar-refractivity contribution in [1.82, 2.24) is 4.98 Å². The summed E-state index contributed by atoms with van der Waals surface area (Å²) in [7, 11) is 0. The number of nitrogens with one attached hydrogen (secondary N) is 1. The van der Waals surface area contributed by atoms with Crippen molar-refractivity contribution in [2.75, 3.05) is 13.2 Å². The average Bonchev–Trinajstić information content (AvgIpc) is 2.43. The highest BCUT2D eigenvalue weighted by Gasteiger charge is 2.20. The molecule has 0 fully saturated rings. The van der Waals surface area contributed by atoms with E-state index in [-0.39, 0.29) is 22.9 Å². The molecule has 5 nitrogen and oxygen atoms in total. The first-order valence-corrected chi connectivity index (χ1v) is 5.79. The van der Waals surface area contributed by atoms with E-state index in [1.165, 1.54) is 6.07 Å². The van der Waals surface area contributed by atoms with Gasteiger partial charge in [-0.15, -0.1) is 0 Å². The van der Waals surface area contributed by atoms with Crippen LogP contribution in [0, 0.1) is 5.82 Å². The molecule has 1 aliphatic rings. The Morgan fingerprint density at radius 2 is 2.11 bits per heavy atom. The van der Waals surface area contributed by atoms with Gasteiger partial charge in [-0.2, -0.15) is 0 Å². The topological polar surface area (TPSA) is 68.4 Å². The second-order valence-corrected chi connectivity index (χ2v) is 4.13. The van der Waals surface area contributed by atoms with Crippen LogP contribution in [0.15, 0.2) is 16.9 Å². The molecule has 0 aliphatic carbocycles. The largest absolute Gasteiger partial charge is 0.486 e. The summed E-state index contributed by atoms with van der Waals surface area (Å²) in [4.78, 5) is 24.8. The molecule has 0 saturated carbocycles. The molecule has 0 bridgehead atoms. The highest BCUT2D eigenvalue weighted by Crippen LogP contribution is 2.37. The Bertz CT molecular complexity index is 723. The van der Waals surface area contributed by atoms with Gasteiger partial charge in [-0.3, -0.25) is 4.79 Å². The number of benzene rings is 1. The first-order chi connectivity index (χ1) is 9.22. The lowest BCUT2D eigenvalue weighted by molar-refractivity contribution is -0.107. The quantitative estimate of drug-likeness (QED) is 0.826. The standard InChI is InChI=1S/C13H10FNO4/c14-10-7-1-2-9-12(19-6-5-18-9)11(7)15-13(17)8(10)3-4-16/h1-2,4H,3,5-6H2,(H,15,17). The number of H-pyrrole nitrogens is 1. The Morgan fingerprint density at radius 1 is 1.32 bits per heavy atom. The van der Waals surface area contributed by atoms with E-state index in [1.807, 2.05) is 0 Å². The van der Waals surface area contributed by atoms with Gasteiger partial charge in [0.25, 0.3) is 5.56 Å². The van der Waals surface area contributed by atoms with E-state index in [0.29, 0.717) is 31.0 Å². The molecule has 0 radical (unpaired) electrons. The van der Waals surface area contributed by atoms with Crippen LogP contribution in [-0.2, 0) is 11.2 Å². The number of ether oxygens (including phenoxy) is 2. The number of aromatic nitrogens is 1. The van der Waals surface area contributed by atoms with Gasteiger partial charge < -0.3 is 19.3 Å². The number of hydrogen-bond donors (Lipinski definition) is 1. The molecule has 2 heterocycles. The number of aromatic amines is 1. The third-order valence-electron chi connectivity index (χ3n) is 3.01. The van der Waals surface area contributed by atoms with Gasteiger partial charge in [0, 0.05) is 11.8 Å². The van der Waals surface area contributed by atoms with Crippen molar-refractivity contribution in [2.45, 2.75) is 6.42 Å². The molecule has 1 N–H and O–H groups in total. The Hall–Kier alpha value is -2.37. The highest BCUT2D eigenvalue weighted by atomic mass is 19.1. The van der Waals surface area contributed by atoms with Crippen molar-refractivity contribution in [3.8, 4) is 11.5 Å². The minimum Gasteiger partial charge on any atom is -0.486 e. The predicted molar refractivity (Wildman–Crippen MR) is 65.3 cm³/mol. The van der Waals surface area contributed by atoms with Crippen molar-refractivity contribution in [3.05, 3.63) is 33.9 Å². The fourth-order valence-electron chi connectivity index (χ4n) is 2.14. The van der Waals surface area contributed by atoms with Gasteiger partial charge in [0.15, 0.2) is 11.5 Å². The van der Waals surface area contributed by atoms with E-state index >= 15 is 0 Å². The van der Waals surface area contributed by atoms with Crippen LogP contribution >= 0.6 is 0 Å². The molecule has 0 spiro atoms. The van der Waals surface area contributed by atoms with Gasteiger partial charge >= 0.3 is 0 Å². The predicted octanol–water partition coefficient (Wildman–Crippen LogP) is 1.18. The van der Waals surface area contributed by atoms with E-state index in [1.54, 1.807) is 6.07 Å². The Labute approximate surface area is 107 Å². The van der Waals surface area contributed by atoms with Gasteiger partial charge in [-0.1, -0.05) is 0 Å². The number of halogens is 1. The molecule has 2 aromatic rings. The molecule has 98 valence electrons. The minimum absolute atomic E-state index is 0.167. The maximum Gasteiger partial charge on any atom is 0.255 e. The number of aldehydes is 1. The number of carbonyl (C=O) groups excluding carboxylic acids is 1. The van der Waals surface area contributed by atoms with Crippen LogP contribution in [0.4, 0.5) is 4.39 Å². The maximum atomic E-state index is 14.2. The summed E-state index contributed by atoms with van der Waals surface area (Å²) >= 11 is 0. The molecule has 0 amide bonds. The molecule has 1 aromatic heterocycles. The van der Waals surface area contributed by atoms with E-state index in [9.17, 15) is 14.0 Å². The molecule has 19 heavy (non-hydrogen) atoms. The molecular formula is C13H10FNO4. The lowest BCUT2D eigenvalue weighted by Gasteiger charge is -2.19. The molecule has 0 saturated heterocycles. The average molecular weight is 263 g/mol. The van der Waals surface area contributed by atoms with Crippen molar-refractivity contribution in [2.24, 2.45) is 0 Å². The van der Waals surface area contributed by atoms with E-state index in [2.05, 4.69) is 4.98 Å². The zero-order valence-corrected chi connectivity index (χ0v) is 9.86. The summed E-state index contributed by atoms with van der Waals surface area (Å²) in [6.45, 7) is 0.750. The van der Waals surface area contributed by atoms with Crippen molar-refractivity contribution in [1.29, 1.82) is 0 Å². The highest BCUT2D eigenvalue weighted by molar-refractivity contribution is 5.88. The molecule has 1 aliphatic heterocycles. The third kappa shape index (κ3) is 1.76. The van der Waals surface area contributed by atoms with Crippen LogP contribution in [0.2, 0.25) is 0 Å². The number of fused-ring (bicyclic) bond motifs is 3. The van der Waals surface area contributed by atoms with Crippen LogP contribution in [-0.4, -0.2) is 24.5 Å². The van der Waals surface area contributed by atoms with Crippen molar-refractivity contribution >= 4 is 17.2 Å². The van der Waals surface area contributed by atoms with Gasteiger partial charge in [0.1, 0.15) is 25.3 Å². The summed E-state index contributed by atoms with van der Waals surface area (Å²) in [5.74, 6) is 0.108. The summed E-state index contributed by atoms with van der Waals surface area (Å²) in [5.41, 5.74) is -0.534. The van der Waals surface area contributed by atoms with Crippen molar-refractivity contribution in [3.63, 3.8) is 0 Å². The number of hydrogen-bond acceptors (Lipinski definition) is 4. The molecule has 6 heteroatoms. The minimum atomic E-state index is -0.692. The van der Waals surface area contributed by atoms with Crippen LogP contribution in [0.25, 0.3) is 10.9 Å². The maximum absolute atomic E-state index is 14.2. The number of rotatable bonds is 2. The summed E-state index contributed by atoms with van der Waals surface area (Å²) in [6, 6.07) is 3.09. The van der Waals surface area contributed by atoms with Gasteiger partial charge in [0.05, 0.1) is 11.1 Å². The molecule has 1 aromatic carbocycles. The Kier molecular flexibility index (Phi) is 2.70. The fraction of sp³-hybridized carbons (Fsp3) is 0.231. The monoisotopic (exact) mass is 263 g/mol. The molecule has 0 atom stereocenters. The molecular weight excluding hydrogens is 253 g/mol. The second-order valence-electron chi connectivity index (χ2n) is 4.13. The van der Waals surface area contributed by atoms with Gasteiger partial charge in [0.2, 0.25) is 0 Å². The normalized spacial score (nSPS) is 13.5. The first-order valence-electron chi connectivity index (χ1n) is 5.79. The smallest absolute Gasteiger partial charge is 0.255 e. The zero-order chi connectivity index (χ0) is 13.4. The SMILES string of the molecule is O=CCc1c(F)c2ccc3c(c2[nH]c1=O)OCCO3. The van der Waals surface area contributed by atoms with Crippen LogP contribution < -0.4 is 15.0 Å². The van der Waals surface area contributed by atoms with Crippen LogP contribution in [0.3, 0.4) is 0 Å². The zero-order valence-electron chi connectivity index (χ0n) is 9.86. The van der Waals surface area contributed by atoms with Crippen LogP contribution in [0.5, 0.6) is 11.5 Å². The lowest BCUT2D eigenvalue weighted by Crippen LogP contribution is -2.19. The van der Waals surface area contributed by atoms with Crippen molar-refractivity contribution < 1.29 is 18.7 Å². The second kappa shape index (κ2) is 4.38. The fourth-order valence-corrected chi connectivity index (χ4v) is 2.14. The Morgan fingerprint density at radius 3 is 2.89 bits per heavy atom. The molecule has 0 unspecified atom stereocenters.